The van der Waals surface area contributed by atoms with Gasteiger partial charge in [-0.1, -0.05) is 57.8 Å². The lowest BCUT2D eigenvalue weighted by Crippen LogP contribution is -2.46. The van der Waals surface area contributed by atoms with Crippen molar-refractivity contribution in [2.75, 3.05) is 18.7 Å². The van der Waals surface area contributed by atoms with Crippen LogP contribution in [0.2, 0.25) is 25.7 Å². The summed E-state index contributed by atoms with van der Waals surface area (Å²) in [6.45, 7) is 11.1. The van der Waals surface area contributed by atoms with Gasteiger partial charge in [0, 0.05) is 56.7 Å². The van der Waals surface area contributed by atoms with E-state index < -0.39 is 31.5 Å². The number of hydrogen-bond acceptors (Lipinski definition) is 6. The molecule has 1 saturated heterocycles. The van der Waals surface area contributed by atoms with Gasteiger partial charge in [0.2, 0.25) is 11.8 Å². The van der Waals surface area contributed by atoms with E-state index >= 15 is 8.78 Å². The fourth-order valence-electron chi connectivity index (χ4n) is 5.98. The van der Waals surface area contributed by atoms with Crippen LogP contribution in [0.5, 0.6) is 11.5 Å². The van der Waals surface area contributed by atoms with E-state index in [9.17, 15) is 14.7 Å². The lowest BCUT2D eigenvalue weighted by Gasteiger charge is -2.37. The van der Waals surface area contributed by atoms with Crippen molar-refractivity contribution in [1.29, 1.82) is 0 Å². The summed E-state index contributed by atoms with van der Waals surface area (Å²) in [4.78, 5) is 26.6. The van der Waals surface area contributed by atoms with Gasteiger partial charge in [-0.2, -0.15) is 0 Å². The number of ether oxygens (including phenoxy) is 2. The zero-order chi connectivity index (χ0) is 33.2. The summed E-state index contributed by atoms with van der Waals surface area (Å²) in [5.74, 6) is -2.72. The van der Waals surface area contributed by atoms with Gasteiger partial charge < -0.3 is 19.9 Å². The number of carbonyl (C=O) groups excluding carboxylic acids is 2. The largest absolute Gasteiger partial charge is 0.508 e. The summed E-state index contributed by atoms with van der Waals surface area (Å²) in [5, 5.41) is 12.8. The Bertz CT molecular complexity index is 1530. The van der Waals surface area contributed by atoms with Crippen LogP contribution in [-0.2, 0) is 19.7 Å². The molecule has 1 saturated carbocycles. The van der Waals surface area contributed by atoms with Gasteiger partial charge in [-0.15, -0.1) is 0 Å². The summed E-state index contributed by atoms with van der Waals surface area (Å²) in [6, 6.07) is 18.5. The van der Waals surface area contributed by atoms with Crippen LogP contribution in [0.3, 0.4) is 0 Å². The van der Waals surface area contributed by atoms with E-state index in [0.717, 1.165) is 27.8 Å². The number of piperidine rings is 1. The molecular weight excluding hydrogens is 606 g/mol. The third-order valence-electron chi connectivity index (χ3n) is 9.09. The van der Waals surface area contributed by atoms with Crippen LogP contribution in [0.4, 0.5) is 14.5 Å². The highest BCUT2D eigenvalue weighted by molar-refractivity contribution is 6.76. The van der Waals surface area contributed by atoms with E-state index in [1.54, 1.807) is 12.1 Å². The van der Waals surface area contributed by atoms with Crippen molar-refractivity contribution < 1.29 is 33.0 Å². The maximum absolute atomic E-state index is 15.3. The number of hydrogen-bond donors (Lipinski definition) is 2. The second kappa shape index (κ2) is 13.5. The van der Waals surface area contributed by atoms with Gasteiger partial charge in [0.25, 0.3) is 0 Å². The van der Waals surface area contributed by atoms with E-state index in [0.29, 0.717) is 25.1 Å². The third kappa shape index (κ3) is 7.78. The molecule has 0 radical (unpaired) electrons. The molecule has 0 spiro atoms. The van der Waals surface area contributed by atoms with Crippen LogP contribution in [-0.4, -0.2) is 55.4 Å². The highest BCUT2D eigenvalue weighted by atomic mass is 28.3. The quantitative estimate of drug-likeness (QED) is 0.120. The first-order valence-electron chi connectivity index (χ1n) is 16.0. The van der Waals surface area contributed by atoms with Gasteiger partial charge in [0.05, 0.1) is 5.92 Å². The topological polar surface area (TPSA) is 88.1 Å². The van der Waals surface area contributed by atoms with E-state index in [4.69, 9.17) is 9.47 Å². The van der Waals surface area contributed by atoms with Crippen LogP contribution in [0.1, 0.15) is 62.1 Å². The lowest BCUT2D eigenvalue weighted by molar-refractivity contribution is -0.155. The minimum atomic E-state index is -1.35. The molecule has 3 aromatic rings. The van der Waals surface area contributed by atoms with Crippen LogP contribution >= 0.6 is 0 Å². The first-order valence-corrected chi connectivity index (χ1v) is 19.7. The SMILES string of the molecule is CC(C)(c1ccc(O)cc1)c1ccc(OC2CC(Nc3cc(F)c(C4CCC(=O)N(COCC[Si](C)(C)C)C4=O)c(F)c3)C2)cc1. The van der Waals surface area contributed by atoms with Gasteiger partial charge in [-0.25, -0.2) is 8.78 Å². The van der Waals surface area contributed by atoms with Crippen molar-refractivity contribution in [3.05, 3.63) is 89.0 Å². The Labute approximate surface area is 270 Å². The summed E-state index contributed by atoms with van der Waals surface area (Å²) in [5.41, 5.74) is 1.95. The van der Waals surface area contributed by atoms with E-state index in [1.807, 2.05) is 36.4 Å². The number of carbonyl (C=O) groups is 2. The molecule has 10 heteroatoms. The van der Waals surface area contributed by atoms with E-state index in [2.05, 4.69) is 38.8 Å². The molecule has 5 rings (SSSR count). The van der Waals surface area contributed by atoms with Gasteiger partial charge in [0.1, 0.15) is 36.0 Å². The highest BCUT2D eigenvalue weighted by Gasteiger charge is 2.39. The zero-order valence-electron chi connectivity index (χ0n) is 27.2. The molecule has 0 aromatic heterocycles. The number of phenolic OH excluding ortho intramolecular Hbond substituents is 1. The number of halogens is 2. The number of amides is 2. The molecule has 1 atom stereocenters. The molecule has 2 amide bonds. The Morgan fingerprint density at radius 3 is 2.13 bits per heavy atom. The molecule has 0 bridgehead atoms. The monoisotopic (exact) mass is 650 g/mol. The molecule has 246 valence electrons. The Morgan fingerprint density at radius 2 is 1.54 bits per heavy atom. The maximum Gasteiger partial charge on any atom is 0.238 e. The molecule has 2 aliphatic rings. The molecule has 1 heterocycles. The fraction of sp³-hybridized carbons (Fsp3) is 0.444. The summed E-state index contributed by atoms with van der Waals surface area (Å²) >= 11 is 0. The van der Waals surface area contributed by atoms with Crippen molar-refractivity contribution >= 4 is 25.6 Å². The molecule has 3 aromatic carbocycles. The van der Waals surface area contributed by atoms with Crippen molar-refractivity contribution in [2.45, 2.75) is 88.7 Å². The highest BCUT2D eigenvalue weighted by Crippen LogP contribution is 2.37. The number of imide groups is 1. The molecule has 7 nitrogen and oxygen atoms in total. The fourth-order valence-corrected chi connectivity index (χ4v) is 6.73. The average molecular weight is 651 g/mol. The second-order valence-corrected chi connectivity index (χ2v) is 19.8. The predicted octanol–water partition coefficient (Wildman–Crippen LogP) is 7.56. The standard InChI is InChI=1S/C36H44F2N2O5Si/c1-36(2,23-6-10-27(41)11-7-23)24-8-12-28(13-9-24)45-29-18-25(19-29)39-26-20-31(37)34(32(38)21-26)30-14-15-33(42)40(35(30)43)22-44-16-17-46(3,4)5/h6-13,20-21,25,29-30,39,41H,14-19,22H2,1-5H3. The van der Waals surface area contributed by atoms with Crippen molar-refractivity contribution in [2.24, 2.45) is 0 Å². The first-order chi connectivity index (χ1) is 21.7. The van der Waals surface area contributed by atoms with Crippen molar-refractivity contribution in [3.63, 3.8) is 0 Å². The first kappa shape index (κ1) is 33.6. The minimum absolute atomic E-state index is 0.0138. The normalized spacial score (nSPS) is 20.4. The van der Waals surface area contributed by atoms with Crippen LogP contribution in [0, 0.1) is 11.6 Å². The number of nitrogens with zero attached hydrogens (tertiary/aromatic N) is 1. The third-order valence-corrected chi connectivity index (χ3v) is 10.8. The molecule has 1 unspecified atom stereocenters. The van der Waals surface area contributed by atoms with Crippen molar-refractivity contribution in [3.8, 4) is 11.5 Å². The Kier molecular flexibility index (Phi) is 9.88. The Balaban J connectivity index is 1.14. The van der Waals surface area contributed by atoms with Crippen LogP contribution < -0.4 is 10.1 Å². The van der Waals surface area contributed by atoms with Crippen molar-refractivity contribution in [1.82, 2.24) is 4.90 Å². The van der Waals surface area contributed by atoms with Crippen LogP contribution in [0.15, 0.2) is 60.7 Å². The molecule has 2 fully saturated rings. The average Bonchev–Trinajstić information content (AvgIpc) is 2.96. The van der Waals surface area contributed by atoms with Gasteiger partial charge in [-0.05, 0) is 60.0 Å². The molecule has 1 aliphatic heterocycles. The maximum atomic E-state index is 15.3. The van der Waals surface area contributed by atoms with Gasteiger partial charge >= 0.3 is 0 Å². The van der Waals surface area contributed by atoms with Gasteiger partial charge in [-0.3, -0.25) is 14.5 Å². The second-order valence-electron chi connectivity index (χ2n) is 14.2. The zero-order valence-corrected chi connectivity index (χ0v) is 28.2. The predicted molar refractivity (Wildman–Crippen MR) is 177 cm³/mol. The lowest BCUT2D eigenvalue weighted by atomic mass is 9.78. The Hall–Kier alpha value is -3.76. The molecule has 2 N–H and O–H groups in total. The number of anilines is 1. The number of benzene rings is 3. The number of likely N-dealkylation sites (tertiary alicyclic amines) is 1. The molecule has 46 heavy (non-hydrogen) atoms. The summed E-state index contributed by atoms with van der Waals surface area (Å²) in [6.07, 6.45) is 1.39. The minimum Gasteiger partial charge on any atom is -0.508 e. The van der Waals surface area contributed by atoms with E-state index in [1.165, 1.54) is 12.1 Å². The number of phenols is 1. The number of rotatable bonds is 12. The molecular formula is C36H44F2N2O5Si. The summed E-state index contributed by atoms with van der Waals surface area (Å²) < 4.78 is 42.4. The Morgan fingerprint density at radius 1 is 0.957 bits per heavy atom. The number of aromatic hydroxyl groups is 1. The van der Waals surface area contributed by atoms with E-state index in [-0.39, 0.29) is 54.4 Å². The molecule has 1 aliphatic carbocycles. The number of nitrogens with one attached hydrogen (secondary N) is 1. The smallest absolute Gasteiger partial charge is 0.238 e. The van der Waals surface area contributed by atoms with Gasteiger partial charge in [0.15, 0.2) is 0 Å². The summed E-state index contributed by atoms with van der Waals surface area (Å²) in [7, 11) is -1.35. The van der Waals surface area contributed by atoms with Crippen LogP contribution in [0.25, 0.3) is 0 Å².